The summed E-state index contributed by atoms with van der Waals surface area (Å²) < 4.78 is 5.69. The third-order valence-electron chi connectivity index (χ3n) is 3.69. The first kappa shape index (κ1) is 12.2. The molecular weight excluding hydrogens is 208 g/mol. The van der Waals surface area contributed by atoms with Crippen molar-refractivity contribution in [3.63, 3.8) is 0 Å². The fraction of sp³-hybridized carbons (Fsp3) is 0.500. The van der Waals surface area contributed by atoms with E-state index in [0.717, 1.165) is 24.2 Å². The predicted molar refractivity (Wildman–Crippen MR) is 72.2 cm³/mol. The number of hydrogen-bond donors (Lipinski definition) is 0. The van der Waals surface area contributed by atoms with Crippen LogP contribution < -0.4 is 4.74 Å². The summed E-state index contributed by atoms with van der Waals surface area (Å²) in [6.07, 6.45) is 6.13. The molecule has 1 aromatic rings. The Morgan fingerprint density at radius 3 is 2.82 bits per heavy atom. The van der Waals surface area contributed by atoms with E-state index in [-0.39, 0.29) is 0 Å². The van der Waals surface area contributed by atoms with Gasteiger partial charge in [0, 0.05) is 0 Å². The van der Waals surface area contributed by atoms with Crippen molar-refractivity contribution in [3.8, 4) is 5.75 Å². The number of benzene rings is 1. The van der Waals surface area contributed by atoms with Crippen LogP contribution in [-0.2, 0) is 0 Å². The quantitative estimate of drug-likeness (QED) is 0.518. The molecule has 17 heavy (non-hydrogen) atoms. The molecule has 2 rings (SSSR count). The Labute approximate surface area is 104 Å². The second-order valence-corrected chi connectivity index (χ2v) is 4.94. The van der Waals surface area contributed by atoms with Crippen LogP contribution in [0.3, 0.4) is 0 Å². The minimum atomic E-state index is 0.849. The van der Waals surface area contributed by atoms with E-state index in [1.54, 1.807) is 5.57 Å². The summed E-state index contributed by atoms with van der Waals surface area (Å²) in [5, 5.41) is 0. The van der Waals surface area contributed by atoms with E-state index in [1.807, 2.05) is 30.3 Å². The molecule has 1 aromatic carbocycles. The maximum Gasteiger partial charge on any atom is 0.119 e. The molecule has 0 aromatic heterocycles. The number of rotatable bonds is 6. The summed E-state index contributed by atoms with van der Waals surface area (Å²) in [5.74, 6) is 2.78. The zero-order chi connectivity index (χ0) is 12.1. The normalized spacial score (nSPS) is 23.5. The maximum absolute atomic E-state index is 5.69. The van der Waals surface area contributed by atoms with Crippen LogP contribution in [0.5, 0.6) is 5.75 Å². The third kappa shape index (κ3) is 3.62. The Hall–Kier alpha value is -1.24. The van der Waals surface area contributed by atoms with Gasteiger partial charge in [-0.25, -0.2) is 0 Å². The van der Waals surface area contributed by atoms with Crippen molar-refractivity contribution in [3.05, 3.63) is 42.0 Å². The third-order valence-corrected chi connectivity index (χ3v) is 3.69. The van der Waals surface area contributed by atoms with Crippen molar-refractivity contribution in [2.45, 2.75) is 33.1 Å². The van der Waals surface area contributed by atoms with E-state index in [9.17, 15) is 0 Å². The first-order chi connectivity index (χ1) is 8.31. The first-order valence-corrected chi connectivity index (χ1v) is 6.62. The molecular formula is C16H22O. The molecule has 0 amide bonds. The maximum atomic E-state index is 5.69. The van der Waals surface area contributed by atoms with Crippen LogP contribution in [0, 0.1) is 11.8 Å². The largest absolute Gasteiger partial charge is 0.494 e. The molecule has 1 aliphatic carbocycles. The average Bonchev–Trinajstić information content (AvgIpc) is 3.14. The molecule has 0 radical (unpaired) electrons. The highest BCUT2D eigenvalue weighted by Crippen LogP contribution is 2.46. The molecule has 0 N–H and O–H groups in total. The van der Waals surface area contributed by atoms with Crippen molar-refractivity contribution in [1.82, 2.24) is 0 Å². The van der Waals surface area contributed by atoms with Crippen molar-refractivity contribution >= 4 is 0 Å². The van der Waals surface area contributed by atoms with Crippen LogP contribution in [0.25, 0.3) is 0 Å². The van der Waals surface area contributed by atoms with Crippen molar-refractivity contribution in [2.75, 3.05) is 6.61 Å². The average molecular weight is 230 g/mol. The van der Waals surface area contributed by atoms with Crippen molar-refractivity contribution in [1.29, 1.82) is 0 Å². The lowest BCUT2D eigenvalue weighted by atomic mass is 10.1. The lowest BCUT2D eigenvalue weighted by Gasteiger charge is -2.05. The predicted octanol–water partition coefficient (Wildman–Crippen LogP) is 4.45. The van der Waals surface area contributed by atoms with Crippen LogP contribution in [0.2, 0.25) is 0 Å². The van der Waals surface area contributed by atoms with E-state index in [1.165, 1.54) is 19.3 Å². The molecule has 1 nitrogen and oxygen atoms in total. The smallest absolute Gasteiger partial charge is 0.119 e. The van der Waals surface area contributed by atoms with Gasteiger partial charge in [-0.05, 0) is 57.1 Å². The van der Waals surface area contributed by atoms with Gasteiger partial charge in [0.1, 0.15) is 5.75 Å². The number of para-hydroxylation sites is 1. The van der Waals surface area contributed by atoms with E-state index in [4.69, 9.17) is 4.74 Å². The number of ether oxygens (including phenoxy) is 1. The van der Waals surface area contributed by atoms with Crippen molar-refractivity contribution in [2.24, 2.45) is 11.8 Å². The second kappa shape index (κ2) is 5.90. The molecule has 0 spiro atoms. The zero-order valence-corrected chi connectivity index (χ0v) is 10.9. The SMILES string of the molecule is C/C=C(\C)C1C[C@H]1CCCOc1ccccc1. The molecule has 1 heteroatoms. The van der Waals surface area contributed by atoms with Gasteiger partial charge in [-0.3, -0.25) is 0 Å². The molecule has 0 saturated heterocycles. The Morgan fingerprint density at radius 2 is 2.12 bits per heavy atom. The topological polar surface area (TPSA) is 9.23 Å². The van der Waals surface area contributed by atoms with E-state index < -0.39 is 0 Å². The minimum Gasteiger partial charge on any atom is -0.494 e. The minimum absolute atomic E-state index is 0.849. The summed E-state index contributed by atoms with van der Waals surface area (Å²) in [4.78, 5) is 0. The lowest BCUT2D eigenvalue weighted by Crippen LogP contribution is -1.98. The van der Waals surface area contributed by atoms with Gasteiger partial charge >= 0.3 is 0 Å². The van der Waals surface area contributed by atoms with Crippen LogP contribution in [0.4, 0.5) is 0 Å². The molecule has 92 valence electrons. The van der Waals surface area contributed by atoms with E-state index in [0.29, 0.717) is 0 Å². The molecule has 2 atom stereocenters. The van der Waals surface area contributed by atoms with E-state index in [2.05, 4.69) is 19.9 Å². The zero-order valence-electron chi connectivity index (χ0n) is 10.9. The first-order valence-electron chi connectivity index (χ1n) is 6.62. The fourth-order valence-corrected chi connectivity index (χ4v) is 2.39. The summed E-state index contributed by atoms with van der Waals surface area (Å²) in [6, 6.07) is 10.1. The Kier molecular flexibility index (Phi) is 4.24. The van der Waals surface area contributed by atoms with Gasteiger partial charge in [-0.2, -0.15) is 0 Å². The van der Waals surface area contributed by atoms with Gasteiger partial charge in [0.15, 0.2) is 0 Å². The van der Waals surface area contributed by atoms with Crippen LogP contribution in [0.1, 0.15) is 33.1 Å². The molecule has 0 heterocycles. The van der Waals surface area contributed by atoms with Gasteiger partial charge in [-0.1, -0.05) is 29.8 Å². The number of allylic oxidation sites excluding steroid dienone is 2. The summed E-state index contributed by atoms with van der Waals surface area (Å²) in [6.45, 7) is 5.25. The highest BCUT2D eigenvalue weighted by Gasteiger charge is 2.36. The van der Waals surface area contributed by atoms with Crippen LogP contribution in [-0.4, -0.2) is 6.61 Å². The lowest BCUT2D eigenvalue weighted by molar-refractivity contribution is 0.302. The summed E-state index contributed by atoms with van der Waals surface area (Å²) >= 11 is 0. The highest BCUT2D eigenvalue weighted by atomic mass is 16.5. The number of hydrogen-bond acceptors (Lipinski definition) is 1. The molecule has 1 aliphatic rings. The van der Waals surface area contributed by atoms with Gasteiger partial charge in [0.2, 0.25) is 0 Å². The second-order valence-electron chi connectivity index (χ2n) is 4.94. The van der Waals surface area contributed by atoms with Crippen molar-refractivity contribution < 1.29 is 4.74 Å². The van der Waals surface area contributed by atoms with Gasteiger partial charge in [-0.15, -0.1) is 0 Å². The molecule has 0 aliphatic heterocycles. The fourth-order valence-electron chi connectivity index (χ4n) is 2.39. The van der Waals surface area contributed by atoms with Crippen LogP contribution in [0.15, 0.2) is 42.0 Å². The monoisotopic (exact) mass is 230 g/mol. The highest BCUT2D eigenvalue weighted by molar-refractivity contribution is 5.20. The van der Waals surface area contributed by atoms with E-state index >= 15 is 0 Å². The molecule has 0 bridgehead atoms. The molecule has 1 saturated carbocycles. The van der Waals surface area contributed by atoms with Gasteiger partial charge in [0.25, 0.3) is 0 Å². The Morgan fingerprint density at radius 1 is 1.35 bits per heavy atom. The summed E-state index contributed by atoms with van der Waals surface area (Å²) in [5.41, 5.74) is 1.57. The Balaban J connectivity index is 1.59. The van der Waals surface area contributed by atoms with Gasteiger partial charge in [0.05, 0.1) is 6.61 Å². The standard InChI is InChI=1S/C16H22O/c1-3-13(2)16-12-14(16)8-7-11-17-15-9-5-4-6-10-15/h3-6,9-10,14,16H,7-8,11-12H2,1-2H3/b13-3+/t14-,16?/m1/s1. The summed E-state index contributed by atoms with van der Waals surface area (Å²) in [7, 11) is 0. The molecule has 1 unspecified atom stereocenters. The Bertz CT molecular complexity index is 366. The van der Waals surface area contributed by atoms with Gasteiger partial charge < -0.3 is 4.74 Å². The van der Waals surface area contributed by atoms with Crippen LogP contribution >= 0.6 is 0 Å². The molecule has 1 fully saturated rings.